The van der Waals surface area contributed by atoms with Gasteiger partial charge in [-0.2, -0.15) is 0 Å². The van der Waals surface area contributed by atoms with Crippen LogP contribution in [0.2, 0.25) is 0 Å². The summed E-state index contributed by atoms with van der Waals surface area (Å²) in [5.41, 5.74) is 6.96. The first-order valence-electron chi connectivity index (χ1n) is 7.65. The van der Waals surface area contributed by atoms with Gasteiger partial charge in [-0.3, -0.25) is 0 Å². The van der Waals surface area contributed by atoms with Crippen LogP contribution in [0.3, 0.4) is 0 Å². The van der Waals surface area contributed by atoms with Crippen molar-refractivity contribution in [1.29, 1.82) is 0 Å². The molecule has 0 aliphatic heterocycles. The molecule has 6 nitrogen and oxygen atoms in total. The van der Waals surface area contributed by atoms with Gasteiger partial charge in [0.2, 0.25) is 0 Å². The number of carboxylic acids is 1. The Morgan fingerprint density at radius 3 is 2.48 bits per heavy atom. The molecule has 25 heavy (non-hydrogen) atoms. The molecule has 0 radical (unpaired) electrons. The van der Waals surface area contributed by atoms with E-state index in [2.05, 4.69) is 6.58 Å². The van der Waals surface area contributed by atoms with E-state index in [0.29, 0.717) is 35.1 Å². The van der Waals surface area contributed by atoms with E-state index in [1.807, 2.05) is 6.92 Å². The summed E-state index contributed by atoms with van der Waals surface area (Å²) < 4.78 is 16.6. The molecule has 0 saturated heterocycles. The zero-order valence-corrected chi connectivity index (χ0v) is 14.2. The van der Waals surface area contributed by atoms with E-state index in [1.54, 1.807) is 37.4 Å². The van der Waals surface area contributed by atoms with Gasteiger partial charge in [-0.25, -0.2) is 4.79 Å². The molecule has 0 spiro atoms. The zero-order valence-electron chi connectivity index (χ0n) is 14.2. The Morgan fingerprint density at radius 2 is 1.84 bits per heavy atom. The SMILES string of the molecule is C=C(N)c1cc(Oc2cccc(C(=O)O)c2)cc(O[C@@H](C)COC)c1. The Morgan fingerprint density at radius 1 is 1.16 bits per heavy atom. The van der Waals surface area contributed by atoms with E-state index in [1.165, 1.54) is 12.1 Å². The van der Waals surface area contributed by atoms with Crippen molar-refractivity contribution in [3.05, 3.63) is 60.2 Å². The van der Waals surface area contributed by atoms with Gasteiger partial charge in [0, 0.05) is 24.4 Å². The topological polar surface area (TPSA) is 91.0 Å². The number of carboxylic acid groups (broad SMARTS) is 1. The molecule has 0 heterocycles. The van der Waals surface area contributed by atoms with E-state index in [4.69, 9.17) is 25.1 Å². The number of aromatic carboxylic acids is 1. The molecule has 0 bridgehead atoms. The van der Waals surface area contributed by atoms with Crippen LogP contribution >= 0.6 is 0 Å². The molecular formula is C19H21NO5. The first-order valence-corrected chi connectivity index (χ1v) is 7.65. The van der Waals surface area contributed by atoms with Crippen molar-refractivity contribution in [2.24, 2.45) is 5.73 Å². The summed E-state index contributed by atoms with van der Waals surface area (Å²) in [6.07, 6.45) is -0.158. The van der Waals surface area contributed by atoms with Crippen molar-refractivity contribution in [1.82, 2.24) is 0 Å². The summed E-state index contributed by atoms with van der Waals surface area (Å²) in [4.78, 5) is 11.1. The number of ether oxygens (including phenoxy) is 3. The number of carbonyl (C=O) groups is 1. The molecule has 0 aliphatic carbocycles. The lowest BCUT2D eigenvalue weighted by atomic mass is 10.1. The van der Waals surface area contributed by atoms with Crippen LogP contribution in [-0.4, -0.2) is 30.9 Å². The minimum absolute atomic E-state index is 0.141. The van der Waals surface area contributed by atoms with Gasteiger partial charge in [-0.05, 0) is 37.3 Å². The highest BCUT2D eigenvalue weighted by Crippen LogP contribution is 2.30. The summed E-state index contributed by atoms with van der Waals surface area (Å²) >= 11 is 0. The van der Waals surface area contributed by atoms with Gasteiger partial charge in [0.1, 0.15) is 23.4 Å². The molecule has 0 unspecified atom stereocenters. The number of rotatable bonds is 8. The van der Waals surface area contributed by atoms with Crippen LogP contribution in [0.4, 0.5) is 0 Å². The lowest BCUT2D eigenvalue weighted by Crippen LogP contribution is -2.18. The highest BCUT2D eigenvalue weighted by molar-refractivity contribution is 5.88. The summed E-state index contributed by atoms with van der Waals surface area (Å²) in [7, 11) is 1.60. The molecule has 2 aromatic carbocycles. The Balaban J connectivity index is 2.30. The molecule has 0 amide bonds. The van der Waals surface area contributed by atoms with Crippen molar-refractivity contribution in [2.45, 2.75) is 13.0 Å². The summed E-state index contributed by atoms with van der Waals surface area (Å²) in [6.45, 7) is 6.05. The zero-order chi connectivity index (χ0) is 18.4. The predicted molar refractivity (Wildman–Crippen MR) is 95.1 cm³/mol. The average Bonchev–Trinajstić information content (AvgIpc) is 2.55. The van der Waals surface area contributed by atoms with Gasteiger partial charge in [0.25, 0.3) is 0 Å². The summed E-state index contributed by atoms with van der Waals surface area (Å²) in [5, 5.41) is 9.07. The van der Waals surface area contributed by atoms with E-state index < -0.39 is 5.97 Å². The largest absolute Gasteiger partial charge is 0.488 e. The fourth-order valence-corrected chi connectivity index (χ4v) is 2.21. The van der Waals surface area contributed by atoms with Crippen molar-refractivity contribution in [3.8, 4) is 17.2 Å². The van der Waals surface area contributed by atoms with E-state index in [-0.39, 0.29) is 11.7 Å². The molecule has 0 aromatic heterocycles. The number of benzene rings is 2. The Hall–Kier alpha value is -2.99. The number of hydrogen-bond donors (Lipinski definition) is 2. The van der Waals surface area contributed by atoms with Crippen LogP contribution in [-0.2, 0) is 4.74 Å². The van der Waals surface area contributed by atoms with E-state index >= 15 is 0 Å². The van der Waals surface area contributed by atoms with Crippen LogP contribution in [0.25, 0.3) is 5.70 Å². The fourth-order valence-electron chi connectivity index (χ4n) is 2.21. The monoisotopic (exact) mass is 343 g/mol. The Labute approximate surface area is 146 Å². The Kier molecular flexibility index (Phi) is 6.03. The quantitative estimate of drug-likeness (QED) is 0.762. The van der Waals surface area contributed by atoms with Crippen molar-refractivity contribution >= 4 is 11.7 Å². The third-order valence-corrected chi connectivity index (χ3v) is 3.31. The van der Waals surface area contributed by atoms with Crippen LogP contribution in [0.5, 0.6) is 17.2 Å². The van der Waals surface area contributed by atoms with Gasteiger partial charge in [-0.15, -0.1) is 0 Å². The molecule has 3 N–H and O–H groups in total. The second-order valence-corrected chi connectivity index (χ2v) is 5.54. The molecule has 0 aliphatic rings. The Bertz CT molecular complexity index is 772. The number of methoxy groups -OCH3 is 1. The van der Waals surface area contributed by atoms with Crippen LogP contribution in [0.15, 0.2) is 49.0 Å². The van der Waals surface area contributed by atoms with Crippen LogP contribution in [0, 0.1) is 0 Å². The number of hydrogen-bond acceptors (Lipinski definition) is 5. The number of nitrogens with two attached hydrogens (primary N) is 1. The van der Waals surface area contributed by atoms with Gasteiger partial charge in [-0.1, -0.05) is 12.6 Å². The van der Waals surface area contributed by atoms with Gasteiger partial charge in [0.05, 0.1) is 12.2 Å². The van der Waals surface area contributed by atoms with Gasteiger partial charge < -0.3 is 25.1 Å². The first kappa shape index (κ1) is 18.4. The third-order valence-electron chi connectivity index (χ3n) is 3.31. The summed E-state index contributed by atoms with van der Waals surface area (Å²) in [5.74, 6) is 0.395. The fraction of sp³-hybridized carbons (Fsp3) is 0.211. The normalized spacial score (nSPS) is 11.6. The first-order chi connectivity index (χ1) is 11.9. The van der Waals surface area contributed by atoms with Crippen LogP contribution < -0.4 is 15.2 Å². The minimum Gasteiger partial charge on any atom is -0.488 e. The van der Waals surface area contributed by atoms with Gasteiger partial charge in [0.15, 0.2) is 0 Å². The minimum atomic E-state index is -1.02. The maximum atomic E-state index is 11.1. The maximum Gasteiger partial charge on any atom is 0.335 e. The molecule has 2 rings (SSSR count). The molecule has 6 heteroatoms. The van der Waals surface area contributed by atoms with E-state index in [9.17, 15) is 4.79 Å². The van der Waals surface area contributed by atoms with Crippen molar-refractivity contribution in [2.75, 3.05) is 13.7 Å². The van der Waals surface area contributed by atoms with Gasteiger partial charge >= 0.3 is 5.97 Å². The smallest absolute Gasteiger partial charge is 0.335 e. The summed E-state index contributed by atoms with van der Waals surface area (Å²) in [6, 6.07) is 11.4. The average molecular weight is 343 g/mol. The molecule has 0 fully saturated rings. The molecule has 0 saturated carbocycles. The second-order valence-electron chi connectivity index (χ2n) is 5.54. The lowest BCUT2D eigenvalue weighted by molar-refractivity contribution is 0.0696. The second kappa shape index (κ2) is 8.21. The van der Waals surface area contributed by atoms with E-state index in [0.717, 1.165) is 0 Å². The molecular weight excluding hydrogens is 322 g/mol. The van der Waals surface area contributed by atoms with Crippen LogP contribution in [0.1, 0.15) is 22.8 Å². The third kappa shape index (κ3) is 5.26. The maximum absolute atomic E-state index is 11.1. The predicted octanol–water partition coefficient (Wildman–Crippen LogP) is 3.52. The lowest BCUT2D eigenvalue weighted by Gasteiger charge is -2.16. The highest BCUT2D eigenvalue weighted by Gasteiger charge is 2.10. The van der Waals surface area contributed by atoms with Crippen molar-refractivity contribution in [3.63, 3.8) is 0 Å². The standard InChI is InChI=1S/C19H21NO5/c1-12(11-23-3)24-17-8-15(13(2)20)9-18(10-17)25-16-6-4-5-14(7-16)19(21)22/h4-10,12H,2,11,20H2,1,3H3,(H,21,22)/t12-/m0/s1. The highest BCUT2D eigenvalue weighted by atomic mass is 16.5. The molecule has 2 aromatic rings. The molecule has 132 valence electrons. The molecule has 1 atom stereocenters. The van der Waals surface area contributed by atoms with Crippen molar-refractivity contribution < 1.29 is 24.1 Å².